The van der Waals surface area contributed by atoms with E-state index in [-0.39, 0.29) is 0 Å². The van der Waals surface area contributed by atoms with Crippen molar-refractivity contribution in [1.29, 1.82) is 0 Å². The van der Waals surface area contributed by atoms with E-state index < -0.39 is 0 Å². The molecule has 0 spiro atoms. The predicted molar refractivity (Wildman–Crippen MR) is 106 cm³/mol. The van der Waals surface area contributed by atoms with Gasteiger partial charge in [0, 0.05) is 20.5 Å². The van der Waals surface area contributed by atoms with Gasteiger partial charge in [-0.05, 0) is 56.4 Å². The molecule has 0 saturated heterocycles. The van der Waals surface area contributed by atoms with Gasteiger partial charge >= 0.3 is 0 Å². The van der Waals surface area contributed by atoms with Crippen molar-refractivity contribution in [1.82, 2.24) is 9.97 Å². The zero-order valence-electron chi connectivity index (χ0n) is 13.6. The Kier molecular flexibility index (Phi) is 4.63. The molecule has 0 saturated carbocycles. The van der Waals surface area contributed by atoms with Crippen LogP contribution >= 0.6 is 34.5 Å². The van der Waals surface area contributed by atoms with Gasteiger partial charge in [-0.1, -0.05) is 23.2 Å². The first kappa shape index (κ1) is 16.8. The Labute approximate surface area is 159 Å². The standard InChI is InChI=1S/C18H16Cl2N4S/c1-10(13-8-11(19)6-7-14(13)20)23-24-17-16-12-4-2-3-5-15(12)25-18(16)22-9-21-17/h6-9H,2-5H2,1H3,(H,21,22,24)/b23-10+. The summed E-state index contributed by atoms with van der Waals surface area (Å²) in [6, 6.07) is 5.35. The van der Waals surface area contributed by atoms with Crippen LogP contribution in [0.15, 0.2) is 29.6 Å². The smallest absolute Gasteiger partial charge is 0.158 e. The van der Waals surface area contributed by atoms with Crippen LogP contribution < -0.4 is 5.43 Å². The lowest BCUT2D eigenvalue weighted by Crippen LogP contribution is -2.04. The van der Waals surface area contributed by atoms with E-state index in [1.165, 1.54) is 23.3 Å². The fourth-order valence-corrected chi connectivity index (χ4v) is 4.80. The Morgan fingerprint density at radius 2 is 2.04 bits per heavy atom. The number of thiophene rings is 1. The molecule has 128 valence electrons. The van der Waals surface area contributed by atoms with Crippen molar-refractivity contribution >= 4 is 56.3 Å². The van der Waals surface area contributed by atoms with E-state index in [1.807, 2.05) is 13.0 Å². The summed E-state index contributed by atoms with van der Waals surface area (Å²) in [7, 11) is 0. The fourth-order valence-electron chi connectivity index (χ4n) is 3.15. The normalized spacial score (nSPS) is 14.6. The molecule has 0 aliphatic heterocycles. The molecule has 2 aromatic heterocycles. The number of nitrogens with one attached hydrogen (secondary N) is 1. The minimum absolute atomic E-state index is 0.619. The first-order valence-electron chi connectivity index (χ1n) is 8.14. The summed E-state index contributed by atoms with van der Waals surface area (Å²) in [6.07, 6.45) is 6.27. The van der Waals surface area contributed by atoms with Gasteiger partial charge in [-0.2, -0.15) is 5.10 Å². The summed E-state index contributed by atoms with van der Waals surface area (Å²) in [4.78, 5) is 11.3. The number of aromatic nitrogens is 2. The van der Waals surface area contributed by atoms with Gasteiger partial charge in [0.1, 0.15) is 11.2 Å². The van der Waals surface area contributed by atoms with Crippen LogP contribution in [0, 0.1) is 0 Å². The highest BCUT2D eigenvalue weighted by molar-refractivity contribution is 7.19. The molecule has 1 aliphatic rings. The SMILES string of the molecule is C/C(=N\Nc1ncnc2sc3c(c12)CCCC3)c1cc(Cl)ccc1Cl. The highest BCUT2D eigenvalue weighted by Gasteiger charge is 2.19. The van der Waals surface area contributed by atoms with Gasteiger partial charge < -0.3 is 0 Å². The van der Waals surface area contributed by atoms with Crippen LogP contribution in [-0.2, 0) is 12.8 Å². The second-order valence-electron chi connectivity index (χ2n) is 6.05. The summed E-state index contributed by atoms with van der Waals surface area (Å²) in [5, 5.41) is 6.84. The van der Waals surface area contributed by atoms with Crippen LogP contribution in [0.5, 0.6) is 0 Å². The van der Waals surface area contributed by atoms with Crippen LogP contribution in [0.3, 0.4) is 0 Å². The van der Waals surface area contributed by atoms with Gasteiger partial charge in [-0.15, -0.1) is 11.3 Å². The van der Waals surface area contributed by atoms with E-state index in [0.717, 1.165) is 40.2 Å². The number of hydrazone groups is 1. The van der Waals surface area contributed by atoms with E-state index in [2.05, 4.69) is 20.5 Å². The summed E-state index contributed by atoms with van der Waals surface area (Å²) in [5.74, 6) is 0.752. The molecule has 7 heteroatoms. The molecule has 0 amide bonds. The molecule has 0 bridgehead atoms. The first-order chi connectivity index (χ1) is 12.1. The Bertz CT molecular complexity index is 981. The van der Waals surface area contributed by atoms with Gasteiger partial charge in [0.15, 0.2) is 5.82 Å². The average Bonchev–Trinajstić information content (AvgIpc) is 3.01. The minimum Gasteiger partial charge on any atom is -0.260 e. The van der Waals surface area contributed by atoms with E-state index in [4.69, 9.17) is 23.2 Å². The molecule has 2 heterocycles. The van der Waals surface area contributed by atoms with Crippen molar-refractivity contribution in [2.75, 3.05) is 5.43 Å². The number of halogens is 2. The number of anilines is 1. The zero-order chi connectivity index (χ0) is 17.4. The zero-order valence-corrected chi connectivity index (χ0v) is 16.0. The summed E-state index contributed by atoms with van der Waals surface area (Å²) >= 11 is 14.1. The summed E-state index contributed by atoms with van der Waals surface area (Å²) in [6.45, 7) is 1.89. The van der Waals surface area contributed by atoms with Crippen molar-refractivity contribution < 1.29 is 0 Å². The van der Waals surface area contributed by atoms with E-state index in [1.54, 1.807) is 29.8 Å². The van der Waals surface area contributed by atoms with Gasteiger partial charge in [-0.3, -0.25) is 5.43 Å². The Hall–Kier alpha value is -1.69. The van der Waals surface area contributed by atoms with Gasteiger partial charge in [-0.25, -0.2) is 9.97 Å². The maximum absolute atomic E-state index is 6.25. The van der Waals surface area contributed by atoms with Gasteiger partial charge in [0.05, 0.1) is 11.1 Å². The highest BCUT2D eigenvalue weighted by atomic mass is 35.5. The summed E-state index contributed by atoms with van der Waals surface area (Å²) < 4.78 is 0. The van der Waals surface area contributed by atoms with Crippen molar-refractivity contribution in [2.24, 2.45) is 5.10 Å². The van der Waals surface area contributed by atoms with Crippen molar-refractivity contribution in [3.63, 3.8) is 0 Å². The molecule has 0 fully saturated rings. The molecule has 1 aromatic carbocycles. The van der Waals surface area contributed by atoms with Crippen LogP contribution in [0.1, 0.15) is 35.8 Å². The van der Waals surface area contributed by atoms with Crippen LogP contribution in [-0.4, -0.2) is 15.7 Å². The number of benzene rings is 1. The molecule has 1 N–H and O–H groups in total. The topological polar surface area (TPSA) is 50.2 Å². The maximum Gasteiger partial charge on any atom is 0.158 e. The molecule has 3 aromatic rings. The molecule has 4 nitrogen and oxygen atoms in total. The monoisotopic (exact) mass is 390 g/mol. The third-order valence-electron chi connectivity index (χ3n) is 4.40. The van der Waals surface area contributed by atoms with Crippen LogP contribution in [0.25, 0.3) is 10.2 Å². The van der Waals surface area contributed by atoms with Crippen LogP contribution in [0.2, 0.25) is 10.0 Å². The number of hydrogen-bond donors (Lipinski definition) is 1. The van der Waals surface area contributed by atoms with Gasteiger partial charge in [0.2, 0.25) is 0 Å². The number of fused-ring (bicyclic) bond motifs is 3. The summed E-state index contributed by atoms with van der Waals surface area (Å²) in [5.41, 5.74) is 6.05. The molecule has 25 heavy (non-hydrogen) atoms. The third-order valence-corrected chi connectivity index (χ3v) is 6.16. The Morgan fingerprint density at radius 3 is 2.92 bits per heavy atom. The minimum atomic E-state index is 0.619. The number of rotatable bonds is 3. The molecular formula is C18H16Cl2N4S. The second-order valence-corrected chi connectivity index (χ2v) is 7.97. The molecule has 0 unspecified atom stereocenters. The van der Waals surface area contributed by atoms with Crippen molar-refractivity contribution in [2.45, 2.75) is 32.6 Å². The largest absolute Gasteiger partial charge is 0.260 e. The lowest BCUT2D eigenvalue weighted by molar-refractivity contribution is 0.700. The Morgan fingerprint density at radius 1 is 1.20 bits per heavy atom. The van der Waals surface area contributed by atoms with E-state index in [9.17, 15) is 0 Å². The maximum atomic E-state index is 6.25. The quantitative estimate of drug-likeness (QED) is 0.459. The van der Waals surface area contributed by atoms with Crippen molar-refractivity contribution in [3.8, 4) is 0 Å². The number of nitrogens with zero attached hydrogens (tertiary/aromatic N) is 3. The Balaban J connectivity index is 1.71. The molecule has 0 atom stereocenters. The highest BCUT2D eigenvalue weighted by Crippen LogP contribution is 2.38. The van der Waals surface area contributed by atoms with Crippen LogP contribution in [0.4, 0.5) is 5.82 Å². The number of hydrogen-bond acceptors (Lipinski definition) is 5. The first-order valence-corrected chi connectivity index (χ1v) is 9.71. The molecular weight excluding hydrogens is 375 g/mol. The molecule has 1 aliphatic carbocycles. The van der Waals surface area contributed by atoms with E-state index in [0.29, 0.717) is 10.0 Å². The average molecular weight is 391 g/mol. The van der Waals surface area contributed by atoms with Gasteiger partial charge in [0.25, 0.3) is 0 Å². The lowest BCUT2D eigenvalue weighted by Gasteiger charge is -2.11. The van der Waals surface area contributed by atoms with E-state index >= 15 is 0 Å². The number of aryl methyl sites for hydroxylation is 2. The molecule has 4 rings (SSSR count). The third kappa shape index (κ3) is 3.24. The molecule has 0 radical (unpaired) electrons. The van der Waals surface area contributed by atoms with Crippen molar-refractivity contribution in [3.05, 3.63) is 50.6 Å². The fraction of sp³-hybridized carbons (Fsp3) is 0.278. The lowest BCUT2D eigenvalue weighted by atomic mass is 9.97. The second kappa shape index (κ2) is 6.90. The predicted octanol–water partition coefficient (Wildman–Crippen LogP) is 5.71.